The molecule has 0 radical (unpaired) electrons. The summed E-state index contributed by atoms with van der Waals surface area (Å²) < 4.78 is 46.4. The second-order valence-corrected chi connectivity index (χ2v) is 4.55. The van der Waals surface area contributed by atoms with E-state index < -0.39 is 12.1 Å². The fraction of sp³-hybridized carbons (Fsp3) is 0.143. The minimum atomic E-state index is -4.73. The lowest BCUT2D eigenvalue weighted by atomic mass is 10.1. The summed E-state index contributed by atoms with van der Waals surface area (Å²) in [5, 5.41) is 0. The molecule has 3 aromatic rings. The standard InChI is InChI=1S/C14H9F3N2O3/c1-19-11-6-9(7-18-12(11)21-13(19)20)8-2-4-10(5-3-8)22-14(15,16)17/h2-7H,1H3. The first-order valence-corrected chi connectivity index (χ1v) is 6.15. The number of fused-ring (bicyclic) bond motifs is 1. The Morgan fingerprint density at radius 2 is 1.86 bits per heavy atom. The molecule has 0 atom stereocenters. The number of aryl methyl sites for hydroxylation is 1. The van der Waals surface area contributed by atoms with E-state index in [1.165, 1.54) is 35.0 Å². The van der Waals surface area contributed by atoms with Gasteiger partial charge in [0.05, 0.1) is 0 Å². The van der Waals surface area contributed by atoms with Crippen LogP contribution in [0.4, 0.5) is 13.2 Å². The summed E-state index contributed by atoms with van der Waals surface area (Å²) >= 11 is 0. The molecule has 2 heterocycles. The Balaban J connectivity index is 1.97. The van der Waals surface area contributed by atoms with Crippen LogP contribution in [0, 0.1) is 0 Å². The van der Waals surface area contributed by atoms with Crippen molar-refractivity contribution in [3.05, 3.63) is 47.1 Å². The summed E-state index contributed by atoms with van der Waals surface area (Å²) in [7, 11) is 1.54. The monoisotopic (exact) mass is 310 g/mol. The van der Waals surface area contributed by atoms with Crippen molar-refractivity contribution in [3.63, 3.8) is 0 Å². The Bertz CT molecular complexity index is 879. The summed E-state index contributed by atoms with van der Waals surface area (Å²) in [5.41, 5.74) is 1.98. The van der Waals surface area contributed by atoms with E-state index in [2.05, 4.69) is 9.72 Å². The summed E-state index contributed by atoms with van der Waals surface area (Å²) in [6.45, 7) is 0. The van der Waals surface area contributed by atoms with Crippen molar-refractivity contribution < 1.29 is 22.3 Å². The Morgan fingerprint density at radius 1 is 1.18 bits per heavy atom. The highest BCUT2D eigenvalue weighted by Crippen LogP contribution is 2.27. The molecule has 0 saturated heterocycles. The van der Waals surface area contributed by atoms with Crippen LogP contribution < -0.4 is 10.5 Å². The maximum atomic E-state index is 12.1. The number of benzene rings is 1. The number of hydrogen-bond donors (Lipinski definition) is 0. The number of pyridine rings is 1. The van der Waals surface area contributed by atoms with Gasteiger partial charge in [0.1, 0.15) is 11.3 Å². The van der Waals surface area contributed by atoms with Crippen LogP contribution in [-0.4, -0.2) is 15.9 Å². The van der Waals surface area contributed by atoms with Crippen LogP contribution in [0.2, 0.25) is 0 Å². The summed E-state index contributed by atoms with van der Waals surface area (Å²) in [5.74, 6) is -0.838. The maximum Gasteiger partial charge on any atom is 0.573 e. The summed E-state index contributed by atoms with van der Waals surface area (Å²) in [6.07, 6.45) is -3.25. The topological polar surface area (TPSA) is 57.3 Å². The zero-order chi connectivity index (χ0) is 15.9. The van der Waals surface area contributed by atoms with Gasteiger partial charge in [0.2, 0.25) is 5.71 Å². The van der Waals surface area contributed by atoms with Gasteiger partial charge in [-0.15, -0.1) is 13.2 Å². The summed E-state index contributed by atoms with van der Waals surface area (Å²) in [6, 6.07) is 7.04. The van der Waals surface area contributed by atoms with Gasteiger partial charge in [-0.05, 0) is 23.8 Å². The third-order valence-corrected chi connectivity index (χ3v) is 3.07. The predicted molar refractivity (Wildman–Crippen MR) is 71.4 cm³/mol. The van der Waals surface area contributed by atoms with Gasteiger partial charge in [0.25, 0.3) is 0 Å². The third kappa shape index (κ3) is 2.67. The van der Waals surface area contributed by atoms with E-state index in [-0.39, 0.29) is 11.5 Å². The normalized spacial score (nSPS) is 11.8. The molecule has 0 fully saturated rings. The second-order valence-electron chi connectivity index (χ2n) is 4.55. The van der Waals surface area contributed by atoms with Crippen LogP contribution in [0.5, 0.6) is 5.75 Å². The number of ether oxygens (including phenoxy) is 1. The van der Waals surface area contributed by atoms with Crippen molar-refractivity contribution in [2.75, 3.05) is 0 Å². The van der Waals surface area contributed by atoms with Crippen molar-refractivity contribution in [2.24, 2.45) is 7.05 Å². The number of rotatable bonds is 2. The predicted octanol–water partition coefficient (Wildman–Crippen LogP) is 3.09. The molecular weight excluding hydrogens is 301 g/mol. The van der Waals surface area contributed by atoms with E-state index in [0.717, 1.165) is 0 Å². The Hall–Kier alpha value is -2.77. The zero-order valence-corrected chi connectivity index (χ0v) is 11.2. The molecule has 22 heavy (non-hydrogen) atoms. The van der Waals surface area contributed by atoms with E-state index in [0.29, 0.717) is 16.6 Å². The molecule has 0 amide bonds. The number of alkyl halides is 3. The fourth-order valence-corrected chi connectivity index (χ4v) is 2.02. The van der Waals surface area contributed by atoms with Crippen molar-refractivity contribution >= 4 is 11.2 Å². The van der Waals surface area contributed by atoms with E-state index in [4.69, 9.17) is 4.42 Å². The molecule has 0 aliphatic heterocycles. The largest absolute Gasteiger partial charge is 0.573 e. The lowest BCUT2D eigenvalue weighted by molar-refractivity contribution is -0.274. The van der Waals surface area contributed by atoms with E-state index in [1.54, 1.807) is 13.1 Å². The van der Waals surface area contributed by atoms with Gasteiger partial charge in [-0.2, -0.15) is 0 Å². The SMILES string of the molecule is Cn1c(=O)oc2ncc(-c3ccc(OC(F)(F)F)cc3)cc21. The molecule has 0 bridgehead atoms. The van der Waals surface area contributed by atoms with E-state index >= 15 is 0 Å². The molecule has 1 aromatic carbocycles. The Morgan fingerprint density at radius 3 is 2.50 bits per heavy atom. The minimum Gasteiger partial charge on any atom is -0.406 e. The van der Waals surface area contributed by atoms with Gasteiger partial charge in [0.15, 0.2) is 0 Å². The third-order valence-electron chi connectivity index (χ3n) is 3.07. The van der Waals surface area contributed by atoms with Gasteiger partial charge in [0, 0.05) is 18.8 Å². The zero-order valence-electron chi connectivity index (χ0n) is 11.2. The average Bonchev–Trinajstić information content (AvgIpc) is 2.73. The molecule has 0 saturated carbocycles. The number of aromatic nitrogens is 2. The molecule has 0 aliphatic carbocycles. The highest BCUT2D eigenvalue weighted by atomic mass is 19.4. The average molecular weight is 310 g/mol. The highest BCUT2D eigenvalue weighted by molar-refractivity contribution is 5.77. The van der Waals surface area contributed by atoms with Gasteiger partial charge in [-0.25, -0.2) is 9.78 Å². The first kappa shape index (κ1) is 14.2. The second kappa shape index (κ2) is 4.90. The lowest BCUT2D eigenvalue weighted by Crippen LogP contribution is -2.16. The summed E-state index contributed by atoms with van der Waals surface area (Å²) in [4.78, 5) is 15.4. The quantitative estimate of drug-likeness (QED) is 0.730. The maximum absolute atomic E-state index is 12.1. The highest BCUT2D eigenvalue weighted by Gasteiger charge is 2.30. The van der Waals surface area contributed by atoms with Crippen LogP contribution in [0.3, 0.4) is 0 Å². The first-order valence-electron chi connectivity index (χ1n) is 6.15. The molecule has 114 valence electrons. The molecule has 3 rings (SSSR count). The Labute approximate surface area is 121 Å². The number of halogens is 3. The molecule has 2 aromatic heterocycles. The molecule has 8 heteroatoms. The van der Waals surface area contributed by atoms with Gasteiger partial charge < -0.3 is 9.15 Å². The van der Waals surface area contributed by atoms with Crippen molar-refractivity contribution in [2.45, 2.75) is 6.36 Å². The molecule has 0 unspecified atom stereocenters. The molecule has 0 N–H and O–H groups in total. The number of oxazole rings is 1. The van der Waals surface area contributed by atoms with E-state index in [1.807, 2.05) is 0 Å². The first-order chi connectivity index (χ1) is 10.3. The van der Waals surface area contributed by atoms with Crippen LogP contribution in [0.25, 0.3) is 22.4 Å². The van der Waals surface area contributed by atoms with Gasteiger partial charge in [-0.3, -0.25) is 4.57 Å². The molecule has 0 aliphatic rings. The van der Waals surface area contributed by atoms with Crippen molar-refractivity contribution in [1.82, 2.24) is 9.55 Å². The van der Waals surface area contributed by atoms with Crippen molar-refractivity contribution in [3.8, 4) is 16.9 Å². The molecule has 0 spiro atoms. The number of nitrogens with zero attached hydrogens (tertiary/aromatic N) is 2. The minimum absolute atomic E-state index is 0.202. The van der Waals surface area contributed by atoms with E-state index in [9.17, 15) is 18.0 Å². The molecular formula is C14H9F3N2O3. The Kier molecular flexibility index (Phi) is 3.16. The number of hydrogen-bond acceptors (Lipinski definition) is 4. The fourth-order valence-electron chi connectivity index (χ4n) is 2.02. The lowest BCUT2D eigenvalue weighted by Gasteiger charge is -2.09. The van der Waals surface area contributed by atoms with Gasteiger partial charge >= 0.3 is 12.1 Å². The van der Waals surface area contributed by atoms with Crippen LogP contribution >= 0.6 is 0 Å². The molecule has 5 nitrogen and oxygen atoms in total. The van der Waals surface area contributed by atoms with Gasteiger partial charge in [-0.1, -0.05) is 12.1 Å². The van der Waals surface area contributed by atoms with Crippen LogP contribution in [0.1, 0.15) is 0 Å². The van der Waals surface area contributed by atoms with Crippen LogP contribution in [0.15, 0.2) is 45.7 Å². The van der Waals surface area contributed by atoms with Crippen molar-refractivity contribution in [1.29, 1.82) is 0 Å². The smallest absolute Gasteiger partial charge is 0.406 e. The van der Waals surface area contributed by atoms with Crippen LogP contribution in [-0.2, 0) is 7.05 Å².